The number of H-pyrrole nitrogens is 1. The Morgan fingerprint density at radius 3 is 2.51 bits per heavy atom. The number of rotatable bonds is 6. The Hall–Kier alpha value is -3.33. The van der Waals surface area contributed by atoms with E-state index in [1.807, 2.05) is 25.7 Å². The molecule has 1 aliphatic carbocycles. The smallest absolute Gasteiger partial charge is 0.272 e. The number of amides is 2. The summed E-state index contributed by atoms with van der Waals surface area (Å²) in [6.07, 6.45) is 5.63. The maximum Gasteiger partial charge on any atom is 0.272 e. The van der Waals surface area contributed by atoms with Crippen molar-refractivity contribution in [3.05, 3.63) is 59.4 Å². The predicted octanol–water partition coefficient (Wildman–Crippen LogP) is 3.21. The molecule has 0 spiro atoms. The molecule has 186 valence electrons. The zero-order valence-electron chi connectivity index (χ0n) is 20.5. The Balaban J connectivity index is 1.46. The van der Waals surface area contributed by atoms with Crippen LogP contribution in [-0.2, 0) is 4.79 Å². The number of nitrogens with zero attached hydrogens (tertiary/aromatic N) is 3. The molecule has 1 aromatic heterocycles. The highest BCUT2D eigenvalue weighted by molar-refractivity contribution is 6.10. The van der Waals surface area contributed by atoms with Crippen LogP contribution in [0.5, 0.6) is 0 Å². The van der Waals surface area contributed by atoms with Gasteiger partial charge < -0.3 is 25.9 Å². The van der Waals surface area contributed by atoms with Crippen molar-refractivity contribution in [3.63, 3.8) is 0 Å². The molecule has 2 heterocycles. The monoisotopic (exact) mass is 480 g/mol. The molecule has 1 saturated carbocycles. The molecule has 1 aromatic carbocycles. The van der Waals surface area contributed by atoms with Crippen LogP contribution in [0.3, 0.4) is 0 Å². The number of nitrogens with two attached hydrogens (primary N) is 1. The van der Waals surface area contributed by atoms with Crippen molar-refractivity contribution in [2.45, 2.75) is 51.6 Å². The van der Waals surface area contributed by atoms with E-state index in [2.05, 4.69) is 9.97 Å². The molecule has 2 amide bonds. The molecule has 4 rings (SSSR count). The van der Waals surface area contributed by atoms with Crippen LogP contribution >= 0.6 is 0 Å². The number of aromatic nitrogens is 2. The molecule has 2 fully saturated rings. The SMILES string of the molecule is CC(C)/C(=C/C(=N)c1ccc(F)cc1)c1ncc(C(=O)N2CCN(C(=O)C3(N)CCC3)[C@@H](C)C2)[nH]1. The van der Waals surface area contributed by atoms with E-state index in [0.29, 0.717) is 36.7 Å². The van der Waals surface area contributed by atoms with Gasteiger partial charge >= 0.3 is 0 Å². The minimum Gasteiger partial charge on any atom is -0.335 e. The van der Waals surface area contributed by atoms with E-state index < -0.39 is 5.54 Å². The van der Waals surface area contributed by atoms with Gasteiger partial charge in [-0.1, -0.05) is 13.8 Å². The van der Waals surface area contributed by atoms with E-state index in [0.717, 1.165) is 24.8 Å². The van der Waals surface area contributed by atoms with Crippen LogP contribution in [0, 0.1) is 17.1 Å². The van der Waals surface area contributed by atoms with Gasteiger partial charge in [0.05, 0.1) is 17.4 Å². The van der Waals surface area contributed by atoms with Crippen LogP contribution in [0.25, 0.3) is 5.57 Å². The first-order chi connectivity index (χ1) is 16.6. The molecule has 0 radical (unpaired) electrons. The standard InChI is InChI=1S/C26H33FN6O2/c1-16(2)20(13-21(28)18-5-7-19(27)8-6-18)23-30-14-22(31-23)24(34)32-11-12-33(17(3)15-32)25(35)26(29)9-4-10-26/h5-8,13-14,16-17,28H,4,9-12,15,29H2,1-3H3,(H,30,31)/b20-13-,28-21?/t17-/m0/s1. The number of allylic oxidation sites excluding steroid dienone is 2. The van der Waals surface area contributed by atoms with E-state index in [-0.39, 0.29) is 35.3 Å². The number of imidazole rings is 1. The first-order valence-corrected chi connectivity index (χ1v) is 12.1. The van der Waals surface area contributed by atoms with Crippen LogP contribution in [0.4, 0.5) is 4.39 Å². The van der Waals surface area contributed by atoms with Gasteiger partial charge in [-0.25, -0.2) is 9.37 Å². The normalized spacial score (nSPS) is 20.1. The minimum atomic E-state index is -0.736. The maximum absolute atomic E-state index is 13.2. The summed E-state index contributed by atoms with van der Waals surface area (Å²) in [7, 11) is 0. The lowest BCUT2D eigenvalue weighted by Crippen LogP contribution is -2.65. The second-order valence-electron chi connectivity index (χ2n) is 9.93. The van der Waals surface area contributed by atoms with Gasteiger partial charge in [0.1, 0.15) is 17.3 Å². The summed E-state index contributed by atoms with van der Waals surface area (Å²) in [4.78, 5) is 37.1. The maximum atomic E-state index is 13.2. The van der Waals surface area contributed by atoms with Gasteiger partial charge in [-0.15, -0.1) is 0 Å². The van der Waals surface area contributed by atoms with Crippen molar-refractivity contribution in [1.29, 1.82) is 5.41 Å². The van der Waals surface area contributed by atoms with Crippen molar-refractivity contribution < 1.29 is 14.0 Å². The third-order valence-electron chi connectivity index (χ3n) is 7.00. The van der Waals surface area contributed by atoms with Crippen LogP contribution in [0.15, 0.2) is 36.5 Å². The fraction of sp³-hybridized carbons (Fsp3) is 0.462. The Labute approximate surface area is 204 Å². The van der Waals surface area contributed by atoms with Gasteiger partial charge in [0.25, 0.3) is 5.91 Å². The molecule has 2 aliphatic rings. The second kappa shape index (κ2) is 9.73. The molecule has 1 saturated heterocycles. The summed E-state index contributed by atoms with van der Waals surface area (Å²) in [5.74, 6) is 0.0172. The number of carbonyl (C=O) groups is 2. The van der Waals surface area contributed by atoms with Gasteiger partial charge in [0, 0.05) is 25.7 Å². The lowest BCUT2D eigenvalue weighted by molar-refractivity contribution is -0.144. The molecule has 1 aliphatic heterocycles. The number of piperazine rings is 1. The molecule has 8 nitrogen and oxygen atoms in total. The second-order valence-corrected chi connectivity index (χ2v) is 9.93. The van der Waals surface area contributed by atoms with Crippen LogP contribution in [-0.4, -0.2) is 68.5 Å². The van der Waals surface area contributed by atoms with E-state index in [4.69, 9.17) is 11.1 Å². The van der Waals surface area contributed by atoms with E-state index in [1.165, 1.54) is 18.3 Å². The third-order valence-corrected chi connectivity index (χ3v) is 7.00. The predicted molar refractivity (Wildman–Crippen MR) is 132 cm³/mol. The Kier molecular flexibility index (Phi) is 6.89. The lowest BCUT2D eigenvalue weighted by atomic mass is 9.76. The fourth-order valence-electron chi connectivity index (χ4n) is 4.63. The quantitative estimate of drug-likeness (QED) is 0.550. The first kappa shape index (κ1) is 24.8. The molecular weight excluding hydrogens is 447 g/mol. The average Bonchev–Trinajstić information content (AvgIpc) is 3.30. The number of benzene rings is 1. The third kappa shape index (κ3) is 5.05. The molecule has 35 heavy (non-hydrogen) atoms. The number of nitrogens with one attached hydrogen (secondary N) is 2. The molecule has 2 aromatic rings. The van der Waals surface area contributed by atoms with Gasteiger partial charge in [0.15, 0.2) is 0 Å². The average molecular weight is 481 g/mol. The van der Waals surface area contributed by atoms with Crippen molar-refractivity contribution >= 4 is 23.1 Å². The highest BCUT2D eigenvalue weighted by Crippen LogP contribution is 2.32. The number of aromatic amines is 1. The zero-order chi connectivity index (χ0) is 25.3. The molecule has 4 N–H and O–H groups in total. The zero-order valence-corrected chi connectivity index (χ0v) is 20.5. The van der Waals surface area contributed by atoms with Crippen LogP contribution < -0.4 is 5.73 Å². The highest BCUT2D eigenvalue weighted by Gasteiger charge is 2.45. The van der Waals surface area contributed by atoms with E-state index in [9.17, 15) is 14.0 Å². The van der Waals surface area contributed by atoms with Gasteiger partial charge in [-0.3, -0.25) is 9.59 Å². The minimum absolute atomic E-state index is 0.0116. The van der Waals surface area contributed by atoms with E-state index in [1.54, 1.807) is 23.1 Å². The van der Waals surface area contributed by atoms with Gasteiger partial charge in [0.2, 0.25) is 5.91 Å². The van der Waals surface area contributed by atoms with Crippen molar-refractivity contribution in [2.75, 3.05) is 19.6 Å². The summed E-state index contributed by atoms with van der Waals surface area (Å²) in [6.45, 7) is 7.23. The largest absolute Gasteiger partial charge is 0.335 e. The molecule has 1 atom stereocenters. The van der Waals surface area contributed by atoms with E-state index >= 15 is 0 Å². The van der Waals surface area contributed by atoms with Crippen molar-refractivity contribution in [1.82, 2.24) is 19.8 Å². The van der Waals surface area contributed by atoms with Crippen molar-refractivity contribution in [3.8, 4) is 0 Å². The lowest BCUT2D eigenvalue weighted by Gasteiger charge is -2.46. The Morgan fingerprint density at radius 1 is 1.26 bits per heavy atom. The number of halogens is 1. The van der Waals surface area contributed by atoms with Gasteiger partial charge in [-0.2, -0.15) is 0 Å². The molecule has 0 bridgehead atoms. The number of hydrogen-bond acceptors (Lipinski definition) is 5. The topological polar surface area (TPSA) is 119 Å². The summed E-state index contributed by atoms with van der Waals surface area (Å²) in [6, 6.07) is 5.65. The van der Waals surface area contributed by atoms with Crippen LogP contribution in [0.1, 0.15) is 61.9 Å². The molecular formula is C26H33FN6O2. The molecule has 0 unspecified atom stereocenters. The summed E-state index contributed by atoms with van der Waals surface area (Å²) < 4.78 is 13.2. The summed E-state index contributed by atoms with van der Waals surface area (Å²) >= 11 is 0. The first-order valence-electron chi connectivity index (χ1n) is 12.1. The summed E-state index contributed by atoms with van der Waals surface area (Å²) in [5.41, 5.74) is 7.46. The fourth-order valence-corrected chi connectivity index (χ4v) is 4.63. The van der Waals surface area contributed by atoms with Gasteiger partial charge in [-0.05, 0) is 73.6 Å². The van der Waals surface area contributed by atoms with Crippen LogP contribution in [0.2, 0.25) is 0 Å². The highest BCUT2D eigenvalue weighted by atomic mass is 19.1. The molecule has 9 heteroatoms. The number of hydrogen-bond donors (Lipinski definition) is 3. The number of carbonyl (C=O) groups excluding carboxylic acids is 2. The Morgan fingerprint density at radius 2 is 1.94 bits per heavy atom. The Bertz CT molecular complexity index is 1150. The van der Waals surface area contributed by atoms with Crippen molar-refractivity contribution in [2.24, 2.45) is 11.7 Å². The summed E-state index contributed by atoms with van der Waals surface area (Å²) in [5, 5.41) is 8.41.